The normalized spacial score (nSPS) is 24.8. The minimum absolute atomic E-state index is 0.133. The smallest absolute Gasteiger partial charge is 0.410 e. The quantitative estimate of drug-likeness (QED) is 0.339. The zero-order valence-electron chi connectivity index (χ0n) is 20.5. The third kappa shape index (κ3) is 7.24. The lowest BCUT2D eigenvalue weighted by Gasteiger charge is -2.40. The molecule has 9 heteroatoms. The van der Waals surface area contributed by atoms with Crippen LogP contribution in [0, 0.1) is 17.2 Å². The number of ether oxygens (including phenoxy) is 3. The van der Waals surface area contributed by atoms with Gasteiger partial charge in [-0.15, -0.1) is 0 Å². The molecule has 1 N–H and O–H groups in total. The fourth-order valence-electron chi connectivity index (χ4n) is 4.67. The topological polar surface area (TPSA) is 102 Å². The number of esters is 1. The van der Waals surface area contributed by atoms with Crippen molar-refractivity contribution >= 4 is 18.3 Å². The zero-order chi connectivity index (χ0) is 25.5. The maximum Gasteiger partial charge on any atom is 0.410 e. The maximum atomic E-state index is 13.4. The van der Waals surface area contributed by atoms with E-state index in [1.807, 2.05) is 20.8 Å². The number of nitrogens with zero attached hydrogens (tertiary/aromatic N) is 1. The van der Waals surface area contributed by atoms with E-state index >= 15 is 0 Å². The lowest BCUT2D eigenvalue weighted by atomic mass is 9.86. The molecule has 1 aliphatic heterocycles. The molecule has 1 fully saturated rings. The number of carbonyl (C=O) groups excluding carboxylic acids is 2. The van der Waals surface area contributed by atoms with E-state index in [4.69, 9.17) is 14.2 Å². The molecule has 1 unspecified atom stereocenters. The molecule has 1 amide bonds. The second kappa shape index (κ2) is 12.3. The van der Waals surface area contributed by atoms with Gasteiger partial charge in [0.2, 0.25) is 0 Å². The van der Waals surface area contributed by atoms with Crippen molar-refractivity contribution in [1.82, 2.24) is 4.90 Å². The molecule has 190 valence electrons. The molecular formula is C25H36FNO7. The van der Waals surface area contributed by atoms with Crippen molar-refractivity contribution in [2.45, 2.75) is 77.9 Å². The van der Waals surface area contributed by atoms with Gasteiger partial charge in [-0.1, -0.05) is 39.3 Å². The van der Waals surface area contributed by atoms with Crippen molar-refractivity contribution in [3.63, 3.8) is 0 Å². The molecule has 0 saturated carbocycles. The number of hydrogen-bond donors (Lipinski definition) is 1. The Hall–Kier alpha value is -2.52. The Morgan fingerprint density at radius 3 is 2.47 bits per heavy atom. The summed E-state index contributed by atoms with van der Waals surface area (Å²) in [4.78, 5) is 37.5. The molecule has 8 nitrogen and oxygen atoms in total. The molecule has 1 aliphatic rings. The third-order valence-corrected chi connectivity index (χ3v) is 6.10. The largest absolute Gasteiger partial charge is 0.465 e. The molecule has 5 atom stereocenters. The summed E-state index contributed by atoms with van der Waals surface area (Å²) in [5.41, 5.74) is 0.304. The Morgan fingerprint density at radius 2 is 1.94 bits per heavy atom. The van der Waals surface area contributed by atoms with Crippen LogP contribution in [0.15, 0.2) is 24.3 Å². The van der Waals surface area contributed by atoms with E-state index in [1.54, 1.807) is 19.1 Å². The second-order valence-electron chi connectivity index (χ2n) is 9.79. The van der Waals surface area contributed by atoms with Gasteiger partial charge in [-0.05, 0) is 49.8 Å². The van der Waals surface area contributed by atoms with Gasteiger partial charge in [0, 0.05) is 12.5 Å². The number of methoxy groups -OCH3 is 1. The summed E-state index contributed by atoms with van der Waals surface area (Å²) < 4.78 is 30.4. The maximum absolute atomic E-state index is 13.4. The number of rotatable bonds is 8. The van der Waals surface area contributed by atoms with E-state index in [9.17, 15) is 23.9 Å². The number of halogens is 1. The van der Waals surface area contributed by atoms with Crippen molar-refractivity contribution in [3.05, 3.63) is 35.6 Å². The number of hydrogen-bond acceptors (Lipinski definition) is 6. The van der Waals surface area contributed by atoms with Gasteiger partial charge in [-0.25, -0.2) is 14.0 Å². The summed E-state index contributed by atoms with van der Waals surface area (Å²) in [7, 11) is 1.41. The lowest BCUT2D eigenvalue weighted by molar-refractivity contribution is -0.172. The van der Waals surface area contributed by atoms with Crippen LogP contribution in [-0.4, -0.2) is 66.5 Å². The number of aldehydes is 1. The first kappa shape index (κ1) is 27.7. The van der Waals surface area contributed by atoms with E-state index in [-0.39, 0.29) is 24.8 Å². The zero-order valence-corrected chi connectivity index (χ0v) is 20.5. The van der Waals surface area contributed by atoms with Gasteiger partial charge in [0.05, 0.1) is 6.10 Å². The van der Waals surface area contributed by atoms with Crippen LogP contribution in [0.3, 0.4) is 0 Å². The van der Waals surface area contributed by atoms with Gasteiger partial charge >= 0.3 is 12.1 Å². The molecular weight excluding hydrogens is 445 g/mol. The van der Waals surface area contributed by atoms with Crippen LogP contribution in [-0.2, 0) is 30.2 Å². The standard InChI is InChI=1S/C25H36FNO7/c1-16-21(33-14-13-28)18(15-17-9-11-19(26)12-10-17)7-6-8-20(22(29)34-16)27(24(30)31)23(32-5)25(2,3)4/h9-13,16,18,20-21,23H,6-8,14-15H2,1-5H3,(H,30,31)/t16-,18+,20-,21-,23?/m0/s1. The SMILES string of the molecule is COC(N(C(=O)O)[C@H]1CCC[C@H](Cc2ccc(F)cc2)[C@@H](OCC=O)[C@H](C)OC1=O)C(C)(C)C. The van der Waals surface area contributed by atoms with Gasteiger partial charge in [-0.2, -0.15) is 0 Å². The van der Waals surface area contributed by atoms with E-state index in [0.29, 0.717) is 25.5 Å². The highest BCUT2D eigenvalue weighted by Crippen LogP contribution is 2.32. The number of benzene rings is 1. The highest BCUT2D eigenvalue weighted by atomic mass is 19.1. The molecule has 1 aromatic carbocycles. The Labute approximate surface area is 200 Å². The molecule has 2 rings (SSSR count). The summed E-state index contributed by atoms with van der Waals surface area (Å²) >= 11 is 0. The van der Waals surface area contributed by atoms with Gasteiger partial charge in [0.15, 0.2) is 0 Å². The van der Waals surface area contributed by atoms with Crippen molar-refractivity contribution < 1.29 is 38.1 Å². The molecule has 0 aromatic heterocycles. The average Bonchev–Trinajstić information content (AvgIpc) is 2.80. The molecule has 0 bridgehead atoms. The molecule has 1 heterocycles. The second-order valence-corrected chi connectivity index (χ2v) is 9.79. The number of carbonyl (C=O) groups is 3. The van der Waals surface area contributed by atoms with Gasteiger partial charge in [0.1, 0.15) is 37.1 Å². The van der Waals surface area contributed by atoms with Crippen LogP contribution in [0.25, 0.3) is 0 Å². The van der Waals surface area contributed by atoms with E-state index in [1.165, 1.54) is 19.2 Å². The Balaban J connectivity index is 2.35. The first-order valence-electron chi connectivity index (χ1n) is 11.5. The summed E-state index contributed by atoms with van der Waals surface area (Å²) in [5.74, 6) is -1.15. The summed E-state index contributed by atoms with van der Waals surface area (Å²) in [6.07, 6.45) is -0.930. The Kier molecular flexibility index (Phi) is 10.00. The predicted molar refractivity (Wildman–Crippen MR) is 123 cm³/mol. The van der Waals surface area contributed by atoms with Crippen LogP contribution in [0.1, 0.15) is 52.5 Å². The molecule has 34 heavy (non-hydrogen) atoms. The van der Waals surface area contributed by atoms with Crippen LogP contribution >= 0.6 is 0 Å². The van der Waals surface area contributed by atoms with Crippen molar-refractivity contribution in [2.75, 3.05) is 13.7 Å². The van der Waals surface area contributed by atoms with Gasteiger partial charge in [-0.3, -0.25) is 4.90 Å². The minimum atomic E-state index is -1.27. The molecule has 0 radical (unpaired) electrons. The van der Waals surface area contributed by atoms with Crippen LogP contribution in [0.4, 0.5) is 9.18 Å². The monoisotopic (exact) mass is 481 g/mol. The fraction of sp³-hybridized carbons (Fsp3) is 0.640. The average molecular weight is 482 g/mol. The molecule has 0 spiro atoms. The van der Waals surface area contributed by atoms with Crippen LogP contribution in [0.2, 0.25) is 0 Å². The number of amides is 1. The highest BCUT2D eigenvalue weighted by Gasteiger charge is 2.43. The van der Waals surface area contributed by atoms with Crippen molar-refractivity contribution in [2.24, 2.45) is 11.3 Å². The first-order chi connectivity index (χ1) is 16.0. The summed E-state index contributed by atoms with van der Waals surface area (Å²) in [5, 5.41) is 9.99. The number of carboxylic acid groups (broad SMARTS) is 1. The van der Waals surface area contributed by atoms with E-state index < -0.39 is 42.0 Å². The van der Waals surface area contributed by atoms with Gasteiger partial charge < -0.3 is 24.1 Å². The first-order valence-corrected chi connectivity index (χ1v) is 11.5. The summed E-state index contributed by atoms with van der Waals surface area (Å²) in [6, 6.07) is 5.09. The third-order valence-electron chi connectivity index (χ3n) is 6.10. The molecule has 0 aliphatic carbocycles. The Bertz CT molecular complexity index is 824. The minimum Gasteiger partial charge on any atom is -0.465 e. The summed E-state index contributed by atoms with van der Waals surface area (Å²) in [6.45, 7) is 7.02. The molecule has 1 aromatic rings. The molecule has 1 saturated heterocycles. The van der Waals surface area contributed by atoms with E-state index in [2.05, 4.69) is 0 Å². The lowest BCUT2D eigenvalue weighted by Crippen LogP contribution is -2.56. The van der Waals surface area contributed by atoms with Crippen LogP contribution < -0.4 is 0 Å². The predicted octanol–water partition coefficient (Wildman–Crippen LogP) is 4.05. The number of cyclic esters (lactones) is 1. The fourth-order valence-corrected chi connectivity index (χ4v) is 4.67. The highest BCUT2D eigenvalue weighted by molar-refractivity contribution is 5.81. The Morgan fingerprint density at radius 1 is 1.29 bits per heavy atom. The van der Waals surface area contributed by atoms with Gasteiger partial charge in [0.25, 0.3) is 0 Å². The van der Waals surface area contributed by atoms with Crippen LogP contribution in [0.5, 0.6) is 0 Å². The van der Waals surface area contributed by atoms with Crippen molar-refractivity contribution in [1.29, 1.82) is 0 Å². The van der Waals surface area contributed by atoms with Crippen molar-refractivity contribution in [3.8, 4) is 0 Å². The van der Waals surface area contributed by atoms with E-state index in [0.717, 1.165) is 10.5 Å².